The highest BCUT2D eigenvalue weighted by molar-refractivity contribution is 7.18. The SMILES string of the molecule is Cc1nc2ccc(NC(=O)C3CCCN(C(=O)c4cccs4)C3)cc2s1. The lowest BCUT2D eigenvalue weighted by Gasteiger charge is -2.31. The fraction of sp³-hybridized carbons (Fsp3) is 0.316. The van der Waals surface area contributed by atoms with Gasteiger partial charge in [0.1, 0.15) is 0 Å². The molecule has 2 amide bonds. The molecular formula is C19H19N3O2S2. The molecule has 2 aromatic heterocycles. The number of nitrogens with zero attached hydrogens (tertiary/aromatic N) is 2. The van der Waals surface area contributed by atoms with Gasteiger partial charge in [-0.3, -0.25) is 9.59 Å². The number of thiazole rings is 1. The van der Waals surface area contributed by atoms with E-state index < -0.39 is 0 Å². The molecule has 0 radical (unpaired) electrons. The van der Waals surface area contributed by atoms with Gasteiger partial charge in [0, 0.05) is 18.8 Å². The predicted molar refractivity (Wildman–Crippen MR) is 106 cm³/mol. The second kappa shape index (κ2) is 7.17. The summed E-state index contributed by atoms with van der Waals surface area (Å²) in [7, 11) is 0. The molecule has 1 aliphatic heterocycles. The standard InChI is InChI=1S/C19H19N3O2S2/c1-12-20-15-7-6-14(10-17(15)26-12)21-18(23)13-4-2-8-22(11-13)19(24)16-5-3-9-25-16/h3,5-7,9-10,13H,2,4,8,11H2,1H3,(H,21,23). The highest BCUT2D eigenvalue weighted by atomic mass is 32.1. The molecule has 5 nitrogen and oxygen atoms in total. The number of carbonyl (C=O) groups is 2. The molecule has 0 saturated carbocycles. The molecule has 1 N–H and O–H groups in total. The van der Waals surface area contributed by atoms with Gasteiger partial charge in [-0.05, 0) is 49.4 Å². The first kappa shape index (κ1) is 17.2. The number of hydrogen-bond donors (Lipinski definition) is 1. The Morgan fingerprint density at radius 3 is 3.00 bits per heavy atom. The number of anilines is 1. The zero-order valence-electron chi connectivity index (χ0n) is 14.4. The number of nitrogens with one attached hydrogen (secondary N) is 1. The first-order valence-corrected chi connectivity index (χ1v) is 10.3. The van der Waals surface area contributed by atoms with E-state index in [0.29, 0.717) is 13.1 Å². The largest absolute Gasteiger partial charge is 0.337 e. The maximum absolute atomic E-state index is 12.7. The van der Waals surface area contributed by atoms with E-state index in [1.807, 2.05) is 42.6 Å². The van der Waals surface area contributed by atoms with Gasteiger partial charge in [-0.25, -0.2) is 4.98 Å². The lowest BCUT2D eigenvalue weighted by Crippen LogP contribution is -2.43. The zero-order valence-corrected chi connectivity index (χ0v) is 16.0. The lowest BCUT2D eigenvalue weighted by atomic mass is 9.97. The Kier molecular flexibility index (Phi) is 4.74. The van der Waals surface area contributed by atoms with Crippen molar-refractivity contribution in [3.05, 3.63) is 45.6 Å². The normalized spacial score (nSPS) is 17.4. The van der Waals surface area contributed by atoms with Crippen molar-refractivity contribution in [3.8, 4) is 0 Å². The van der Waals surface area contributed by atoms with E-state index in [4.69, 9.17) is 0 Å². The fourth-order valence-corrected chi connectivity index (χ4v) is 4.85. The third kappa shape index (κ3) is 3.50. The van der Waals surface area contributed by atoms with Crippen molar-refractivity contribution in [3.63, 3.8) is 0 Å². The Morgan fingerprint density at radius 1 is 1.31 bits per heavy atom. The summed E-state index contributed by atoms with van der Waals surface area (Å²) in [5, 5.41) is 5.93. The van der Waals surface area contributed by atoms with Crippen molar-refractivity contribution < 1.29 is 9.59 Å². The summed E-state index contributed by atoms with van der Waals surface area (Å²) in [5.41, 5.74) is 1.74. The van der Waals surface area contributed by atoms with Crippen molar-refractivity contribution in [2.45, 2.75) is 19.8 Å². The average molecular weight is 386 g/mol. The summed E-state index contributed by atoms with van der Waals surface area (Å²) < 4.78 is 1.07. The van der Waals surface area contributed by atoms with E-state index in [1.165, 1.54) is 11.3 Å². The summed E-state index contributed by atoms with van der Waals surface area (Å²) in [6, 6.07) is 9.50. The first-order valence-electron chi connectivity index (χ1n) is 8.61. The molecule has 7 heteroatoms. The van der Waals surface area contributed by atoms with Crippen LogP contribution in [-0.4, -0.2) is 34.8 Å². The van der Waals surface area contributed by atoms with Crippen LogP contribution < -0.4 is 5.32 Å². The molecule has 1 atom stereocenters. The number of thiophene rings is 1. The number of rotatable bonds is 3. The van der Waals surface area contributed by atoms with Crippen molar-refractivity contribution in [2.75, 3.05) is 18.4 Å². The van der Waals surface area contributed by atoms with Crippen LogP contribution in [0.2, 0.25) is 0 Å². The number of aryl methyl sites for hydroxylation is 1. The molecule has 1 aliphatic rings. The number of carbonyl (C=O) groups excluding carboxylic acids is 2. The van der Waals surface area contributed by atoms with Crippen molar-refractivity contribution in [1.82, 2.24) is 9.88 Å². The average Bonchev–Trinajstić information content (AvgIpc) is 3.29. The van der Waals surface area contributed by atoms with Gasteiger partial charge < -0.3 is 10.2 Å². The number of hydrogen-bond acceptors (Lipinski definition) is 5. The van der Waals surface area contributed by atoms with Gasteiger partial charge in [-0.15, -0.1) is 22.7 Å². The summed E-state index contributed by atoms with van der Waals surface area (Å²) in [6.45, 7) is 3.17. The van der Waals surface area contributed by atoms with Crippen LogP contribution in [0.5, 0.6) is 0 Å². The molecule has 1 aromatic carbocycles. The molecule has 26 heavy (non-hydrogen) atoms. The van der Waals surface area contributed by atoms with Gasteiger partial charge in [0.25, 0.3) is 5.91 Å². The number of benzene rings is 1. The number of aromatic nitrogens is 1. The van der Waals surface area contributed by atoms with Gasteiger partial charge in [0.15, 0.2) is 0 Å². The first-order chi connectivity index (χ1) is 12.6. The van der Waals surface area contributed by atoms with Crippen LogP contribution in [0.4, 0.5) is 5.69 Å². The summed E-state index contributed by atoms with van der Waals surface area (Å²) in [5.74, 6) is -0.167. The van der Waals surface area contributed by atoms with Gasteiger partial charge >= 0.3 is 0 Å². The molecule has 3 aromatic rings. The van der Waals surface area contributed by atoms with Crippen molar-refractivity contribution >= 4 is 50.4 Å². The van der Waals surface area contributed by atoms with Gasteiger partial charge in [-0.1, -0.05) is 6.07 Å². The van der Waals surface area contributed by atoms with Crippen molar-refractivity contribution in [1.29, 1.82) is 0 Å². The minimum absolute atomic E-state index is 0.0192. The Balaban J connectivity index is 1.44. The Hall–Kier alpha value is -2.25. The molecule has 0 spiro atoms. The zero-order chi connectivity index (χ0) is 18.1. The molecule has 4 rings (SSSR count). The monoisotopic (exact) mass is 385 g/mol. The highest BCUT2D eigenvalue weighted by Gasteiger charge is 2.29. The smallest absolute Gasteiger partial charge is 0.263 e. The van der Waals surface area contributed by atoms with E-state index in [9.17, 15) is 9.59 Å². The molecule has 1 fully saturated rings. The van der Waals surface area contributed by atoms with Crippen LogP contribution in [0, 0.1) is 12.8 Å². The molecule has 0 aliphatic carbocycles. The number of piperidine rings is 1. The Morgan fingerprint density at radius 2 is 2.19 bits per heavy atom. The molecule has 1 saturated heterocycles. The predicted octanol–water partition coefficient (Wildman–Crippen LogP) is 4.16. The van der Waals surface area contributed by atoms with E-state index >= 15 is 0 Å². The quantitative estimate of drug-likeness (QED) is 0.736. The van der Waals surface area contributed by atoms with E-state index in [0.717, 1.165) is 38.6 Å². The topological polar surface area (TPSA) is 62.3 Å². The van der Waals surface area contributed by atoms with Gasteiger partial charge in [-0.2, -0.15) is 0 Å². The van der Waals surface area contributed by atoms with E-state index in [-0.39, 0.29) is 17.7 Å². The molecular weight excluding hydrogens is 366 g/mol. The molecule has 134 valence electrons. The van der Waals surface area contributed by atoms with Crippen LogP contribution in [0.15, 0.2) is 35.7 Å². The van der Waals surface area contributed by atoms with Crippen LogP contribution in [0.1, 0.15) is 27.5 Å². The van der Waals surface area contributed by atoms with E-state index in [2.05, 4.69) is 10.3 Å². The minimum atomic E-state index is -0.174. The fourth-order valence-electron chi connectivity index (χ4n) is 3.29. The van der Waals surface area contributed by atoms with Crippen LogP contribution in [-0.2, 0) is 4.79 Å². The maximum Gasteiger partial charge on any atom is 0.263 e. The van der Waals surface area contributed by atoms with Gasteiger partial charge in [0.05, 0.1) is 26.0 Å². The minimum Gasteiger partial charge on any atom is -0.337 e. The van der Waals surface area contributed by atoms with Crippen LogP contribution >= 0.6 is 22.7 Å². The number of fused-ring (bicyclic) bond motifs is 1. The third-order valence-electron chi connectivity index (χ3n) is 4.57. The number of likely N-dealkylation sites (tertiary alicyclic amines) is 1. The van der Waals surface area contributed by atoms with Crippen molar-refractivity contribution in [2.24, 2.45) is 5.92 Å². The highest BCUT2D eigenvalue weighted by Crippen LogP contribution is 2.26. The lowest BCUT2D eigenvalue weighted by molar-refractivity contribution is -0.121. The Labute approximate surface area is 159 Å². The van der Waals surface area contributed by atoms with Crippen LogP contribution in [0.25, 0.3) is 10.2 Å². The third-order valence-corrected chi connectivity index (χ3v) is 6.37. The maximum atomic E-state index is 12.7. The molecule has 3 heterocycles. The second-order valence-corrected chi connectivity index (χ2v) is 8.65. The Bertz CT molecular complexity index is 949. The van der Waals surface area contributed by atoms with E-state index in [1.54, 1.807) is 16.2 Å². The summed E-state index contributed by atoms with van der Waals surface area (Å²) in [6.07, 6.45) is 1.66. The number of amides is 2. The van der Waals surface area contributed by atoms with Gasteiger partial charge in [0.2, 0.25) is 5.91 Å². The summed E-state index contributed by atoms with van der Waals surface area (Å²) >= 11 is 3.06. The second-order valence-electron chi connectivity index (χ2n) is 6.47. The molecule has 0 bridgehead atoms. The molecule has 1 unspecified atom stereocenters. The van der Waals surface area contributed by atoms with Crippen LogP contribution in [0.3, 0.4) is 0 Å². The summed E-state index contributed by atoms with van der Waals surface area (Å²) in [4.78, 5) is 32.2.